The van der Waals surface area contributed by atoms with E-state index in [2.05, 4.69) is 4.72 Å². The van der Waals surface area contributed by atoms with Gasteiger partial charge in [-0.2, -0.15) is 0 Å². The zero-order valence-corrected chi connectivity index (χ0v) is 17.8. The topological polar surface area (TPSA) is 55.4 Å². The first kappa shape index (κ1) is 21.1. The van der Waals surface area contributed by atoms with E-state index < -0.39 is 10.0 Å². The number of rotatable bonds is 8. The van der Waals surface area contributed by atoms with Crippen molar-refractivity contribution in [3.05, 3.63) is 52.5 Å². The Morgan fingerprint density at radius 2 is 1.85 bits per heavy atom. The molecular formula is C19H24ClNO3S2. The van der Waals surface area contributed by atoms with E-state index in [0.29, 0.717) is 27.8 Å². The quantitative estimate of drug-likeness (QED) is 0.496. The number of hydrogen-bond acceptors (Lipinski definition) is 4. The van der Waals surface area contributed by atoms with Crippen molar-refractivity contribution in [1.29, 1.82) is 0 Å². The standard InChI is InChI=1S/C19H24ClNO3S2/c1-13(2)17-12-19(14(3)11-18(17)24-4)26(22,23)21-9-10-25-16-7-5-15(20)6-8-16/h5-8,11-13,21H,9-10H2,1-4H3. The predicted molar refractivity (Wildman–Crippen MR) is 109 cm³/mol. The number of benzene rings is 2. The van der Waals surface area contributed by atoms with Gasteiger partial charge in [0.1, 0.15) is 5.75 Å². The van der Waals surface area contributed by atoms with Crippen LogP contribution in [0, 0.1) is 6.92 Å². The second kappa shape index (κ2) is 9.13. The molecule has 7 heteroatoms. The summed E-state index contributed by atoms with van der Waals surface area (Å²) in [7, 11) is -1.97. The summed E-state index contributed by atoms with van der Waals surface area (Å²) in [6.07, 6.45) is 0. The van der Waals surface area contributed by atoms with E-state index in [0.717, 1.165) is 16.2 Å². The third-order valence-corrected chi connectivity index (χ3v) is 6.78. The summed E-state index contributed by atoms with van der Waals surface area (Å²) in [5.74, 6) is 1.52. The minimum Gasteiger partial charge on any atom is -0.496 e. The molecule has 0 aliphatic carbocycles. The number of thioether (sulfide) groups is 1. The third-order valence-electron chi connectivity index (χ3n) is 3.92. The second-order valence-corrected chi connectivity index (χ2v) is 9.55. The maximum Gasteiger partial charge on any atom is 0.240 e. The van der Waals surface area contributed by atoms with Crippen molar-refractivity contribution < 1.29 is 13.2 Å². The van der Waals surface area contributed by atoms with Gasteiger partial charge in [-0.15, -0.1) is 11.8 Å². The lowest BCUT2D eigenvalue weighted by Gasteiger charge is -2.16. The van der Waals surface area contributed by atoms with Gasteiger partial charge in [-0.05, 0) is 60.4 Å². The van der Waals surface area contributed by atoms with Crippen molar-refractivity contribution in [1.82, 2.24) is 4.72 Å². The van der Waals surface area contributed by atoms with Gasteiger partial charge in [-0.1, -0.05) is 25.4 Å². The molecule has 0 atom stereocenters. The molecule has 2 rings (SSSR count). The zero-order chi connectivity index (χ0) is 19.3. The molecule has 0 aromatic heterocycles. The van der Waals surface area contributed by atoms with Crippen molar-refractivity contribution in [3.63, 3.8) is 0 Å². The summed E-state index contributed by atoms with van der Waals surface area (Å²) < 4.78 is 33.5. The van der Waals surface area contributed by atoms with Gasteiger partial charge in [0.2, 0.25) is 10.0 Å². The Balaban J connectivity index is 2.07. The number of methoxy groups -OCH3 is 1. The van der Waals surface area contributed by atoms with Crippen molar-refractivity contribution in [3.8, 4) is 5.75 Å². The van der Waals surface area contributed by atoms with Crippen LogP contribution in [-0.2, 0) is 10.0 Å². The first-order valence-corrected chi connectivity index (χ1v) is 11.2. The number of aryl methyl sites for hydroxylation is 1. The highest BCUT2D eigenvalue weighted by atomic mass is 35.5. The van der Waals surface area contributed by atoms with Gasteiger partial charge in [0.15, 0.2) is 0 Å². The first-order valence-electron chi connectivity index (χ1n) is 8.31. The molecule has 0 heterocycles. The van der Waals surface area contributed by atoms with Crippen LogP contribution in [0.2, 0.25) is 5.02 Å². The molecular weight excluding hydrogens is 390 g/mol. The minimum absolute atomic E-state index is 0.167. The van der Waals surface area contributed by atoms with Crippen LogP contribution >= 0.6 is 23.4 Å². The molecule has 0 saturated heterocycles. The van der Waals surface area contributed by atoms with E-state index in [4.69, 9.17) is 16.3 Å². The summed E-state index contributed by atoms with van der Waals surface area (Å²) in [6.45, 7) is 6.15. The Morgan fingerprint density at radius 3 is 2.42 bits per heavy atom. The minimum atomic E-state index is -3.57. The summed E-state index contributed by atoms with van der Waals surface area (Å²) in [5, 5.41) is 0.686. The lowest BCUT2D eigenvalue weighted by atomic mass is 10.0. The molecule has 0 saturated carbocycles. The molecule has 2 aromatic carbocycles. The van der Waals surface area contributed by atoms with Gasteiger partial charge < -0.3 is 4.74 Å². The molecule has 0 bridgehead atoms. The smallest absolute Gasteiger partial charge is 0.240 e. The highest BCUT2D eigenvalue weighted by Crippen LogP contribution is 2.31. The molecule has 0 amide bonds. The number of nitrogens with one attached hydrogen (secondary N) is 1. The Bertz CT molecular complexity index is 850. The average Bonchev–Trinajstić information content (AvgIpc) is 2.59. The lowest BCUT2D eigenvalue weighted by molar-refractivity contribution is 0.406. The third kappa shape index (κ3) is 5.39. The summed E-state index contributed by atoms with van der Waals surface area (Å²) in [5.41, 5.74) is 1.55. The van der Waals surface area contributed by atoms with Gasteiger partial charge in [0.25, 0.3) is 0 Å². The Morgan fingerprint density at radius 1 is 1.19 bits per heavy atom. The largest absolute Gasteiger partial charge is 0.496 e. The molecule has 0 unspecified atom stereocenters. The molecule has 0 spiro atoms. The number of sulfonamides is 1. The molecule has 0 radical (unpaired) electrons. The van der Waals surface area contributed by atoms with Crippen LogP contribution in [0.1, 0.15) is 30.9 Å². The number of ether oxygens (including phenoxy) is 1. The van der Waals surface area contributed by atoms with Crippen LogP contribution in [-0.4, -0.2) is 27.8 Å². The summed E-state index contributed by atoms with van der Waals surface area (Å²) in [4.78, 5) is 1.36. The molecule has 2 aromatic rings. The monoisotopic (exact) mass is 413 g/mol. The van der Waals surface area contributed by atoms with Crippen LogP contribution in [0.3, 0.4) is 0 Å². The van der Waals surface area contributed by atoms with Gasteiger partial charge >= 0.3 is 0 Å². The van der Waals surface area contributed by atoms with Crippen LogP contribution in [0.4, 0.5) is 0 Å². The van der Waals surface area contributed by atoms with E-state index in [9.17, 15) is 8.42 Å². The van der Waals surface area contributed by atoms with Gasteiger partial charge in [0.05, 0.1) is 12.0 Å². The normalized spacial score (nSPS) is 11.8. The molecule has 0 fully saturated rings. The highest BCUT2D eigenvalue weighted by Gasteiger charge is 2.20. The summed E-state index contributed by atoms with van der Waals surface area (Å²) in [6, 6.07) is 11.0. The van der Waals surface area contributed by atoms with Crippen molar-refractivity contribution in [2.24, 2.45) is 0 Å². The van der Waals surface area contributed by atoms with Crippen LogP contribution in [0.5, 0.6) is 5.75 Å². The Hall–Kier alpha value is -1.21. The highest BCUT2D eigenvalue weighted by molar-refractivity contribution is 7.99. The van der Waals surface area contributed by atoms with Crippen molar-refractivity contribution in [2.45, 2.75) is 36.5 Å². The lowest BCUT2D eigenvalue weighted by Crippen LogP contribution is -2.27. The fourth-order valence-corrected chi connectivity index (χ4v) is 4.86. The maximum atomic E-state index is 12.7. The molecule has 142 valence electrons. The molecule has 4 nitrogen and oxygen atoms in total. The second-order valence-electron chi connectivity index (χ2n) is 6.21. The van der Waals surface area contributed by atoms with E-state index in [1.165, 1.54) is 0 Å². The van der Waals surface area contributed by atoms with Gasteiger partial charge in [-0.25, -0.2) is 13.1 Å². The predicted octanol–water partition coefficient (Wildman–Crippen LogP) is 4.85. The van der Waals surface area contributed by atoms with Crippen molar-refractivity contribution in [2.75, 3.05) is 19.4 Å². The van der Waals surface area contributed by atoms with E-state index in [1.807, 2.05) is 38.1 Å². The van der Waals surface area contributed by atoms with Gasteiger partial charge in [-0.3, -0.25) is 0 Å². The van der Waals surface area contributed by atoms with E-state index in [1.54, 1.807) is 37.9 Å². The van der Waals surface area contributed by atoms with Crippen molar-refractivity contribution >= 4 is 33.4 Å². The number of halogens is 1. The fourth-order valence-electron chi connectivity index (χ4n) is 2.55. The first-order chi connectivity index (χ1) is 12.2. The Kier molecular flexibility index (Phi) is 7.41. The molecule has 1 N–H and O–H groups in total. The van der Waals surface area contributed by atoms with E-state index >= 15 is 0 Å². The van der Waals surface area contributed by atoms with Crippen LogP contribution < -0.4 is 9.46 Å². The Labute approximate surface area is 165 Å². The number of hydrogen-bond donors (Lipinski definition) is 1. The zero-order valence-electron chi connectivity index (χ0n) is 15.4. The van der Waals surface area contributed by atoms with Crippen LogP contribution in [0.25, 0.3) is 0 Å². The molecule has 0 aliphatic heterocycles. The maximum absolute atomic E-state index is 12.7. The van der Waals surface area contributed by atoms with Gasteiger partial charge in [0, 0.05) is 22.2 Å². The van der Waals surface area contributed by atoms with Crippen LogP contribution in [0.15, 0.2) is 46.2 Å². The summed E-state index contributed by atoms with van der Waals surface area (Å²) >= 11 is 7.44. The molecule has 0 aliphatic rings. The average molecular weight is 414 g/mol. The fraction of sp³-hybridized carbons (Fsp3) is 0.368. The van der Waals surface area contributed by atoms with E-state index in [-0.39, 0.29) is 5.92 Å². The SMILES string of the molecule is COc1cc(C)c(S(=O)(=O)NCCSc2ccc(Cl)cc2)cc1C(C)C. The molecule has 26 heavy (non-hydrogen) atoms.